The third kappa shape index (κ3) is 1.30. The molecule has 0 unspecified atom stereocenters. The van der Waals surface area contributed by atoms with Gasteiger partial charge in [-0.05, 0) is 12.5 Å². The quantitative estimate of drug-likeness (QED) is 0.652. The standard InChI is InChI=1S/C9H10N4/c1-7-3-12-13(2)9(7)8-4-10-6-11-5-8/h3-6H,1-2H3. The van der Waals surface area contributed by atoms with Crippen molar-refractivity contribution in [1.29, 1.82) is 0 Å². The predicted molar refractivity (Wildman–Crippen MR) is 49.0 cm³/mol. The summed E-state index contributed by atoms with van der Waals surface area (Å²) in [7, 11) is 1.91. The smallest absolute Gasteiger partial charge is 0.115 e. The Bertz CT molecular complexity index is 385. The van der Waals surface area contributed by atoms with Crippen LogP contribution in [0, 0.1) is 6.92 Å². The summed E-state index contributed by atoms with van der Waals surface area (Å²) in [6.45, 7) is 2.02. The molecule has 4 heteroatoms. The van der Waals surface area contributed by atoms with Crippen LogP contribution in [-0.2, 0) is 7.05 Å². The monoisotopic (exact) mass is 174 g/mol. The van der Waals surface area contributed by atoms with Crippen LogP contribution in [-0.4, -0.2) is 19.7 Å². The fourth-order valence-electron chi connectivity index (χ4n) is 1.38. The van der Waals surface area contributed by atoms with Crippen LogP contribution in [0.3, 0.4) is 0 Å². The molecule has 0 radical (unpaired) electrons. The van der Waals surface area contributed by atoms with Crippen LogP contribution in [0.15, 0.2) is 24.9 Å². The van der Waals surface area contributed by atoms with E-state index in [0.29, 0.717) is 0 Å². The second-order valence-electron chi connectivity index (χ2n) is 2.93. The molecule has 4 nitrogen and oxygen atoms in total. The molecule has 0 aliphatic rings. The fourth-order valence-corrected chi connectivity index (χ4v) is 1.38. The van der Waals surface area contributed by atoms with Crippen LogP contribution in [0.1, 0.15) is 5.56 Å². The maximum absolute atomic E-state index is 4.15. The molecule has 2 aromatic heterocycles. The summed E-state index contributed by atoms with van der Waals surface area (Å²) in [6, 6.07) is 0. The minimum Gasteiger partial charge on any atom is -0.268 e. The molecule has 13 heavy (non-hydrogen) atoms. The second-order valence-corrected chi connectivity index (χ2v) is 2.93. The average Bonchev–Trinajstić information content (AvgIpc) is 2.48. The van der Waals surface area contributed by atoms with E-state index in [1.807, 2.05) is 24.9 Å². The Morgan fingerprint density at radius 1 is 1.15 bits per heavy atom. The molecule has 2 heterocycles. The molecule has 0 aromatic carbocycles. The summed E-state index contributed by atoms with van der Waals surface area (Å²) in [5.74, 6) is 0. The van der Waals surface area contributed by atoms with E-state index >= 15 is 0 Å². The maximum atomic E-state index is 4.15. The molecule has 0 fully saturated rings. The molecule has 0 bridgehead atoms. The molecule has 0 saturated heterocycles. The molecule has 0 spiro atoms. The normalized spacial score (nSPS) is 10.3. The van der Waals surface area contributed by atoms with Crippen molar-refractivity contribution in [2.45, 2.75) is 6.92 Å². The molecular formula is C9H10N4. The number of rotatable bonds is 1. The van der Waals surface area contributed by atoms with Crippen molar-refractivity contribution < 1.29 is 0 Å². The molecule has 0 saturated carbocycles. The summed E-state index contributed by atoms with van der Waals surface area (Å²) < 4.78 is 1.83. The van der Waals surface area contributed by atoms with E-state index in [-0.39, 0.29) is 0 Å². The Kier molecular flexibility index (Phi) is 1.81. The molecule has 2 rings (SSSR count). The van der Waals surface area contributed by atoms with E-state index in [4.69, 9.17) is 0 Å². The molecule has 0 atom stereocenters. The van der Waals surface area contributed by atoms with Crippen LogP contribution < -0.4 is 0 Å². The molecule has 0 aliphatic heterocycles. The highest BCUT2D eigenvalue weighted by atomic mass is 15.3. The highest BCUT2D eigenvalue weighted by Gasteiger charge is 2.06. The molecular weight excluding hydrogens is 164 g/mol. The zero-order chi connectivity index (χ0) is 9.26. The first-order valence-corrected chi connectivity index (χ1v) is 4.03. The van der Waals surface area contributed by atoms with Gasteiger partial charge >= 0.3 is 0 Å². The molecule has 0 aliphatic carbocycles. The van der Waals surface area contributed by atoms with Crippen LogP contribution in [0.2, 0.25) is 0 Å². The molecule has 0 N–H and O–H groups in total. The Balaban J connectivity index is 2.59. The van der Waals surface area contributed by atoms with Gasteiger partial charge in [-0.25, -0.2) is 9.97 Å². The lowest BCUT2D eigenvalue weighted by Gasteiger charge is -2.01. The van der Waals surface area contributed by atoms with Gasteiger partial charge in [-0.15, -0.1) is 0 Å². The Labute approximate surface area is 76.3 Å². The van der Waals surface area contributed by atoms with Gasteiger partial charge in [0.1, 0.15) is 6.33 Å². The van der Waals surface area contributed by atoms with Crippen molar-refractivity contribution >= 4 is 0 Å². The maximum Gasteiger partial charge on any atom is 0.115 e. The van der Waals surface area contributed by atoms with E-state index in [0.717, 1.165) is 16.8 Å². The lowest BCUT2D eigenvalue weighted by atomic mass is 10.2. The first kappa shape index (κ1) is 7.91. The van der Waals surface area contributed by atoms with Crippen LogP contribution in [0.5, 0.6) is 0 Å². The van der Waals surface area contributed by atoms with Crippen LogP contribution >= 0.6 is 0 Å². The van der Waals surface area contributed by atoms with Crippen molar-refractivity contribution in [1.82, 2.24) is 19.7 Å². The highest BCUT2D eigenvalue weighted by Crippen LogP contribution is 2.19. The highest BCUT2D eigenvalue weighted by molar-refractivity contribution is 5.60. The number of hydrogen-bond donors (Lipinski definition) is 0. The minimum absolute atomic E-state index is 1.00. The van der Waals surface area contributed by atoms with E-state index in [9.17, 15) is 0 Å². The predicted octanol–water partition coefficient (Wildman–Crippen LogP) is 1.19. The average molecular weight is 174 g/mol. The lowest BCUT2D eigenvalue weighted by Crippen LogP contribution is -1.95. The zero-order valence-corrected chi connectivity index (χ0v) is 7.60. The number of hydrogen-bond acceptors (Lipinski definition) is 3. The number of aryl methyl sites for hydroxylation is 2. The van der Waals surface area contributed by atoms with E-state index in [2.05, 4.69) is 15.1 Å². The Hall–Kier alpha value is -1.71. The van der Waals surface area contributed by atoms with E-state index in [1.54, 1.807) is 12.4 Å². The van der Waals surface area contributed by atoms with E-state index in [1.165, 1.54) is 6.33 Å². The van der Waals surface area contributed by atoms with Gasteiger partial charge in [0, 0.05) is 25.0 Å². The minimum atomic E-state index is 1.00. The van der Waals surface area contributed by atoms with Crippen LogP contribution in [0.25, 0.3) is 11.3 Å². The summed E-state index contributed by atoms with van der Waals surface area (Å²) in [5.41, 5.74) is 3.21. The van der Waals surface area contributed by atoms with Gasteiger partial charge in [0.05, 0.1) is 11.9 Å². The van der Waals surface area contributed by atoms with Crippen molar-refractivity contribution in [3.63, 3.8) is 0 Å². The molecule has 0 amide bonds. The topological polar surface area (TPSA) is 43.6 Å². The SMILES string of the molecule is Cc1cnn(C)c1-c1cncnc1. The summed E-state index contributed by atoms with van der Waals surface area (Å²) in [5, 5.41) is 4.15. The fraction of sp³-hybridized carbons (Fsp3) is 0.222. The van der Waals surface area contributed by atoms with Crippen molar-refractivity contribution in [3.8, 4) is 11.3 Å². The van der Waals surface area contributed by atoms with Crippen molar-refractivity contribution in [2.24, 2.45) is 7.05 Å². The van der Waals surface area contributed by atoms with Gasteiger partial charge in [-0.1, -0.05) is 0 Å². The van der Waals surface area contributed by atoms with Gasteiger partial charge in [0.2, 0.25) is 0 Å². The lowest BCUT2D eigenvalue weighted by molar-refractivity contribution is 0.774. The third-order valence-corrected chi connectivity index (χ3v) is 1.96. The number of aromatic nitrogens is 4. The van der Waals surface area contributed by atoms with Gasteiger partial charge < -0.3 is 0 Å². The first-order valence-electron chi connectivity index (χ1n) is 4.03. The number of nitrogens with zero attached hydrogens (tertiary/aromatic N) is 4. The second kappa shape index (κ2) is 2.97. The molecule has 2 aromatic rings. The summed E-state index contributed by atoms with van der Waals surface area (Å²) in [6.07, 6.45) is 6.94. The molecule has 66 valence electrons. The Morgan fingerprint density at radius 2 is 1.85 bits per heavy atom. The van der Waals surface area contributed by atoms with Crippen LogP contribution in [0.4, 0.5) is 0 Å². The largest absolute Gasteiger partial charge is 0.268 e. The van der Waals surface area contributed by atoms with Crippen molar-refractivity contribution in [2.75, 3.05) is 0 Å². The van der Waals surface area contributed by atoms with E-state index < -0.39 is 0 Å². The van der Waals surface area contributed by atoms with Gasteiger partial charge in [0.25, 0.3) is 0 Å². The van der Waals surface area contributed by atoms with Gasteiger partial charge in [-0.2, -0.15) is 5.10 Å². The van der Waals surface area contributed by atoms with Gasteiger partial charge in [-0.3, -0.25) is 4.68 Å². The first-order chi connectivity index (χ1) is 6.29. The van der Waals surface area contributed by atoms with Crippen molar-refractivity contribution in [3.05, 3.63) is 30.5 Å². The summed E-state index contributed by atoms with van der Waals surface area (Å²) >= 11 is 0. The third-order valence-electron chi connectivity index (χ3n) is 1.96. The van der Waals surface area contributed by atoms with Gasteiger partial charge in [0.15, 0.2) is 0 Å². The summed E-state index contributed by atoms with van der Waals surface area (Å²) in [4.78, 5) is 7.94. The zero-order valence-electron chi connectivity index (χ0n) is 7.60. The Morgan fingerprint density at radius 3 is 2.38 bits per heavy atom.